The molecule has 0 bridgehead atoms. The number of nitrogens with one attached hydrogen (secondary N) is 1. The number of hydrogen-bond donors (Lipinski definition) is 2. The Kier molecular flexibility index (Phi) is 4.83. The van der Waals surface area contributed by atoms with Gasteiger partial charge >= 0.3 is 5.97 Å². The zero-order valence-corrected chi connectivity index (χ0v) is 12.2. The molecule has 2 N–H and O–H groups in total. The third kappa shape index (κ3) is 3.97. The van der Waals surface area contributed by atoms with Gasteiger partial charge in [-0.15, -0.1) is 0 Å². The molecule has 5 nitrogen and oxygen atoms in total. The van der Waals surface area contributed by atoms with Crippen LogP contribution in [0.15, 0.2) is 24.3 Å². The van der Waals surface area contributed by atoms with Crippen molar-refractivity contribution < 1.29 is 19.4 Å². The molecular formula is C16H21NO4. The molecule has 1 aromatic rings. The number of carboxylic acid groups (broad SMARTS) is 1. The minimum atomic E-state index is -1.05. The maximum atomic E-state index is 12.0. The normalized spacial score (nSPS) is 15.3. The second-order valence-corrected chi connectivity index (χ2v) is 5.42. The van der Waals surface area contributed by atoms with Gasteiger partial charge in [-0.25, -0.2) is 4.79 Å². The van der Waals surface area contributed by atoms with Crippen LogP contribution in [0.1, 0.15) is 49.4 Å². The van der Waals surface area contributed by atoms with Gasteiger partial charge in [0, 0.05) is 5.56 Å². The summed E-state index contributed by atoms with van der Waals surface area (Å²) in [5.74, 6) is -0.596. The van der Waals surface area contributed by atoms with Crippen molar-refractivity contribution in [2.45, 2.75) is 44.6 Å². The lowest BCUT2D eigenvalue weighted by molar-refractivity contribution is -0.140. The molecular weight excluding hydrogens is 270 g/mol. The van der Waals surface area contributed by atoms with Crippen LogP contribution in [0, 0.1) is 0 Å². The molecule has 0 aromatic heterocycles. The minimum Gasteiger partial charge on any atom is -0.494 e. The Morgan fingerprint density at radius 3 is 2.43 bits per heavy atom. The molecule has 0 spiro atoms. The number of carbonyl (C=O) groups excluding carboxylic acids is 1. The van der Waals surface area contributed by atoms with Crippen LogP contribution in [0.5, 0.6) is 5.75 Å². The van der Waals surface area contributed by atoms with E-state index in [1.165, 1.54) is 0 Å². The van der Waals surface area contributed by atoms with Crippen molar-refractivity contribution >= 4 is 11.9 Å². The van der Waals surface area contributed by atoms with Crippen molar-refractivity contribution in [1.29, 1.82) is 0 Å². The highest BCUT2D eigenvalue weighted by atomic mass is 16.5. The summed E-state index contributed by atoms with van der Waals surface area (Å²) in [7, 11) is 0. The molecule has 2 rings (SSSR count). The van der Waals surface area contributed by atoms with E-state index in [9.17, 15) is 9.59 Å². The molecule has 114 valence electrons. The van der Waals surface area contributed by atoms with Gasteiger partial charge in [-0.3, -0.25) is 4.79 Å². The molecule has 21 heavy (non-hydrogen) atoms. The zero-order valence-electron chi connectivity index (χ0n) is 12.2. The maximum Gasteiger partial charge on any atom is 0.329 e. The SMILES string of the molecule is CCCCCOc1ccc(C(=O)NC2(C(=O)O)CC2)cc1. The molecule has 1 aromatic carbocycles. The smallest absolute Gasteiger partial charge is 0.329 e. The van der Waals surface area contributed by atoms with Crippen molar-refractivity contribution in [3.63, 3.8) is 0 Å². The second-order valence-electron chi connectivity index (χ2n) is 5.42. The zero-order chi connectivity index (χ0) is 15.3. The largest absolute Gasteiger partial charge is 0.494 e. The van der Waals surface area contributed by atoms with Gasteiger partial charge in [-0.1, -0.05) is 19.8 Å². The number of benzene rings is 1. The maximum absolute atomic E-state index is 12.0. The first kappa shape index (κ1) is 15.4. The number of ether oxygens (including phenoxy) is 1. The van der Waals surface area contributed by atoms with Gasteiger partial charge in [0.1, 0.15) is 11.3 Å². The predicted octanol–water partition coefficient (Wildman–Crippen LogP) is 2.60. The van der Waals surface area contributed by atoms with E-state index in [0.717, 1.165) is 25.0 Å². The van der Waals surface area contributed by atoms with Crippen LogP contribution in [-0.2, 0) is 4.79 Å². The average molecular weight is 291 g/mol. The van der Waals surface area contributed by atoms with E-state index in [1.54, 1.807) is 24.3 Å². The Bertz CT molecular complexity index is 506. The molecule has 0 atom stereocenters. The fourth-order valence-corrected chi connectivity index (χ4v) is 2.05. The van der Waals surface area contributed by atoms with Crippen LogP contribution in [0.25, 0.3) is 0 Å². The first-order chi connectivity index (χ1) is 10.1. The summed E-state index contributed by atoms with van der Waals surface area (Å²) in [4.78, 5) is 23.0. The number of unbranched alkanes of at least 4 members (excludes halogenated alkanes) is 2. The van der Waals surface area contributed by atoms with E-state index in [4.69, 9.17) is 9.84 Å². The number of amides is 1. The summed E-state index contributed by atoms with van der Waals surface area (Å²) in [6.45, 7) is 2.80. The number of carboxylic acids is 1. The predicted molar refractivity (Wildman–Crippen MR) is 78.5 cm³/mol. The molecule has 1 saturated carbocycles. The van der Waals surface area contributed by atoms with Crippen molar-refractivity contribution in [2.24, 2.45) is 0 Å². The van der Waals surface area contributed by atoms with E-state index in [2.05, 4.69) is 12.2 Å². The molecule has 1 amide bonds. The summed E-state index contributed by atoms with van der Waals surface area (Å²) in [6.07, 6.45) is 4.28. The average Bonchev–Trinajstić information content (AvgIpc) is 3.25. The van der Waals surface area contributed by atoms with Gasteiger partial charge in [0.05, 0.1) is 6.61 Å². The Morgan fingerprint density at radius 2 is 1.90 bits per heavy atom. The Hall–Kier alpha value is -2.04. The molecule has 0 heterocycles. The van der Waals surface area contributed by atoms with Gasteiger partial charge < -0.3 is 15.2 Å². The van der Waals surface area contributed by atoms with Crippen molar-refractivity contribution in [2.75, 3.05) is 6.61 Å². The number of hydrogen-bond acceptors (Lipinski definition) is 3. The molecule has 0 aliphatic heterocycles. The van der Waals surface area contributed by atoms with Gasteiger partial charge in [-0.2, -0.15) is 0 Å². The van der Waals surface area contributed by atoms with Crippen LogP contribution in [0.3, 0.4) is 0 Å². The lowest BCUT2D eigenvalue weighted by Crippen LogP contribution is -2.43. The third-order valence-corrected chi connectivity index (χ3v) is 3.65. The molecule has 0 unspecified atom stereocenters. The van der Waals surface area contributed by atoms with Crippen molar-refractivity contribution in [3.05, 3.63) is 29.8 Å². The van der Waals surface area contributed by atoms with Gasteiger partial charge in [-0.05, 0) is 43.5 Å². The molecule has 0 radical (unpaired) electrons. The first-order valence-electron chi connectivity index (χ1n) is 7.36. The fourth-order valence-electron chi connectivity index (χ4n) is 2.05. The van der Waals surface area contributed by atoms with Crippen LogP contribution in [0.2, 0.25) is 0 Å². The summed E-state index contributed by atoms with van der Waals surface area (Å²) >= 11 is 0. The minimum absolute atomic E-state index is 0.354. The van der Waals surface area contributed by atoms with E-state index in [0.29, 0.717) is 25.0 Å². The lowest BCUT2D eigenvalue weighted by Gasteiger charge is -2.12. The fraction of sp³-hybridized carbons (Fsp3) is 0.500. The Balaban J connectivity index is 1.87. The van der Waals surface area contributed by atoms with Crippen LogP contribution in [0.4, 0.5) is 0 Å². The summed E-state index contributed by atoms with van der Waals surface area (Å²) in [6, 6.07) is 6.78. The third-order valence-electron chi connectivity index (χ3n) is 3.65. The van der Waals surface area contributed by atoms with E-state index >= 15 is 0 Å². The van der Waals surface area contributed by atoms with Crippen molar-refractivity contribution in [1.82, 2.24) is 5.32 Å². The molecule has 1 aliphatic rings. The summed E-state index contributed by atoms with van der Waals surface area (Å²) < 4.78 is 5.57. The van der Waals surface area contributed by atoms with Crippen LogP contribution >= 0.6 is 0 Å². The quantitative estimate of drug-likeness (QED) is 0.722. The second kappa shape index (κ2) is 6.61. The summed E-state index contributed by atoms with van der Waals surface area (Å²) in [5.41, 5.74) is -0.602. The van der Waals surface area contributed by atoms with Gasteiger partial charge in [0.2, 0.25) is 0 Å². The van der Waals surface area contributed by atoms with Gasteiger partial charge in [0.15, 0.2) is 0 Å². The van der Waals surface area contributed by atoms with Crippen molar-refractivity contribution in [3.8, 4) is 5.75 Å². The number of rotatable bonds is 8. The molecule has 1 aliphatic carbocycles. The van der Waals surface area contributed by atoms with Crippen LogP contribution in [-0.4, -0.2) is 29.1 Å². The Morgan fingerprint density at radius 1 is 1.24 bits per heavy atom. The molecule has 5 heteroatoms. The molecule has 0 saturated heterocycles. The van der Waals surface area contributed by atoms with E-state index < -0.39 is 11.5 Å². The molecule has 1 fully saturated rings. The van der Waals surface area contributed by atoms with Crippen LogP contribution < -0.4 is 10.1 Å². The highest BCUT2D eigenvalue weighted by Crippen LogP contribution is 2.35. The van der Waals surface area contributed by atoms with E-state index in [-0.39, 0.29) is 5.91 Å². The monoisotopic (exact) mass is 291 g/mol. The highest BCUT2D eigenvalue weighted by Gasteiger charge is 2.51. The van der Waals surface area contributed by atoms with E-state index in [1.807, 2.05) is 0 Å². The lowest BCUT2D eigenvalue weighted by atomic mass is 10.1. The number of aliphatic carboxylic acids is 1. The Labute approximate surface area is 124 Å². The number of carbonyl (C=O) groups is 2. The topological polar surface area (TPSA) is 75.6 Å². The standard InChI is InChI=1S/C16H21NO4/c1-2-3-4-11-21-13-7-5-12(6-8-13)14(18)17-16(9-10-16)15(19)20/h5-8H,2-4,9-11H2,1H3,(H,17,18)(H,19,20). The first-order valence-corrected chi connectivity index (χ1v) is 7.36. The van der Waals surface area contributed by atoms with Gasteiger partial charge in [0.25, 0.3) is 5.91 Å². The summed E-state index contributed by atoms with van der Waals surface area (Å²) in [5, 5.41) is 11.6. The highest BCUT2D eigenvalue weighted by molar-refractivity contribution is 5.98.